The van der Waals surface area contributed by atoms with E-state index in [0.717, 1.165) is 70.8 Å². The lowest BCUT2D eigenvalue weighted by Gasteiger charge is -2.35. The predicted molar refractivity (Wildman–Crippen MR) is 118 cm³/mol. The molecule has 0 spiro atoms. The van der Waals surface area contributed by atoms with E-state index in [-0.39, 0.29) is 11.9 Å². The Morgan fingerprint density at radius 3 is 2.73 bits per heavy atom. The summed E-state index contributed by atoms with van der Waals surface area (Å²) in [5.41, 5.74) is 5.40. The summed E-state index contributed by atoms with van der Waals surface area (Å²) in [6.07, 6.45) is 4.34. The van der Waals surface area contributed by atoms with Crippen LogP contribution in [0, 0.1) is 0 Å². The molecule has 0 radical (unpaired) electrons. The van der Waals surface area contributed by atoms with Crippen molar-refractivity contribution < 1.29 is 9.53 Å². The van der Waals surface area contributed by atoms with Crippen LogP contribution in [0.15, 0.2) is 42.5 Å². The Hall–Kier alpha value is -2.37. The largest absolute Gasteiger partial charge is 0.493 e. The van der Waals surface area contributed by atoms with Crippen molar-refractivity contribution in [2.45, 2.75) is 38.3 Å². The van der Waals surface area contributed by atoms with Crippen LogP contribution in [0.1, 0.15) is 41.1 Å². The molecule has 1 amide bonds. The summed E-state index contributed by atoms with van der Waals surface area (Å²) in [6.45, 7) is 6.20. The van der Waals surface area contributed by atoms with Gasteiger partial charge < -0.3 is 10.1 Å². The summed E-state index contributed by atoms with van der Waals surface area (Å²) in [5.74, 6) is 1.21. The van der Waals surface area contributed by atoms with Gasteiger partial charge in [-0.2, -0.15) is 0 Å². The first-order valence-electron chi connectivity index (χ1n) is 11.3. The maximum atomic E-state index is 12.7. The summed E-state index contributed by atoms with van der Waals surface area (Å²) < 4.78 is 5.61. The molecule has 1 atom stereocenters. The van der Waals surface area contributed by atoms with Gasteiger partial charge in [-0.25, -0.2) is 0 Å². The zero-order valence-corrected chi connectivity index (χ0v) is 17.6. The number of fused-ring (bicyclic) bond motifs is 2. The van der Waals surface area contributed by atoms with E-state index in [0.29, 0.717) is 6.54 Å². The van der Waals surface area contributed by atoms with Crippen LogP contribution in [-0.4, -0.2) is 55.0 Å². The molecular formula is C25H31N3O2. The molecule has 158 valence electrons. The zero-order chi connectivity index (χ0) is 20.3. The number of nitrogens with zero attached hydrogens (tertiary/aromatic N) is 2. The third-order valence-electron chi connectivity index (χ3n) is 6.70. The number of piperazine rings is 1. The van der Waals surface area contributed by atoms with Crippen LogP contribution in [0.2, 0.25) is 0 Å². The number of aryl methyl sites for hydroxylation is 1. The fourth-order valence-electron chi connectivity index (χ4n) is 5.05. The zero-order valence-electron chi connectivity index (χ0n) is 17.6. The van der Waals surface area contributed by atoms with Gasteiger partial charge in [0.05, 0.1) is 19.2 Å². The van der Waals surface area contributed by atoms with Gasteiger partial charge in [-0.3, -0.25) is 14.6 Å². The van der Waals surface area contributed by atoms with Gasteiger partial charge in [0.15, 0.2) is 0 Å². The first kappa shape index (κ1) is 19.6. The van der Waals surface area contributed by atoms with E-state index in [1.54, 1.807) is 0 Å². The first-order valence-corrected chi connectivity index (χ1v) is 11.3. The number of carbonyl (C=O) groups excluding carboxylic acids is 1. The van der Waals surface area contributed by atoms with Gasteiger partial charge in [-0.15, -0.1) is 0 Å². The lowest BCUT2D eigenvalue weighted by Crippen LogP contribution is -2.49. The summed E-state index contributed by atoms with van der Waals surface area (Å²) in [5, 5.41) is 3.29. The Labute approximate surface area is 179 Å². The molecule has 3 aliphatic rings. The normalized spacial score (nSPS) is 21.5. The van der Waals surface area contributed by atoms with E-state index in [1.807, 2.05) is 0 Å². The van der Waals surface area contributed by atoms with E-state index in [4.69, 9.17) is 4.74 Å². The van der Waals surface area contributed by atoms with Crippen LogP contribution in [0.3, 0.4) is 0 Å². The molecular weight excluding hydrogens is 374 g/mol. The van der Waals surface area contributed by atoms with E-state index in [9.17, 15) is 4.79 Å². The minimum absolute atomic E-state index is 0.156. The highest BCUT2D eigenvalue weighted by Gasteiger charge is 2.24. The third kappa shape index (κ3) is 4.37. The summed E-state index contributed by atoms with van der Waals surface area (Å²) >= 11 is 0. The molecule has 1 aliphatic carbocycles. The first-order chi connectivity index (χ1) is 14.7. The van der Waals surface area contributed by atoms with Gasteiger partial charge in [-0.1, -0.05) is 36.4 Å². The van der Waals surface area contributed by atoms with Crippen molar-refractivity contribution in [3.8, 4) is 5.75 Å². The van der Waals surface area contributed by atoms with Crippen molar-refractivity contribution in [2.75, 3.05) is 39.3 Å². The molecule has 5 heteroatoms. The van der Waals surface area contributed by atoms with Crippen LogP contribution in [0.25, 0.3) is 0 Å². The average molecular weight is 406 g/mol. The number of ether oxygens (including phenoxy) is 1. The Bertz CT molecular complexity index is 905. The van der Waals surface area contributed by atoms with Crippen molar-refractivity contribution >= 4 is 5.91 Å². The van der Waals surface area contributed by atoms with E-state index >= 15 is 0 Å². The number of carbonyl (C=O) groups is 1. The molecule has 1 saturated heterocycles. The number of hydrogen-bond donors (Lipinski definition) is 1. The van der Waals surface area contributed by atoms with Crippen LogP contribution in [0.4, 0.5) is 0 Å². The Morgan fingerprint density at radius 2 is 1.83 bits per heavy atom. The van der Waals surface area contributed by atoms with Gasteiger partial charge in [0, 0.05) is 39.1 Å². The van der Waals surface area contributed by atoms with Gasteiger partial charge in [-0.05, 0) is 47.6 Å². The standard InChI is InChI=1S/C25H31N3O2/c29-25(26-23-7-3-5-20-4-1-2-6-22(20)23)18-28-13-11-27(12-14-28)17-19-8-9-24-21(16-19)10-15-30-24/h1-2,4,6,8-9,16,23H,3,5,7,10-15,17-18H2,(H,26,29). The molecule has 2 heterocycles. The van der Waals surface area contributed by atoms with Crippen LogP contribution < -0.4 is 10.1 Å². The number of rotatable bonds is 5. The maximum Gasteiger partial charge on any atom is 0.234 e. The number of benzene rings is 2. The minimum Gasteiger partial charge on any atom is -0.493 e. The smallest absolute Gasteiger partial charge is 0.234 e. The van der Waals surface area contributed by atoms with E-state index < -0.39 is 0 Å². The molecule has 0 saturated carbocycles. The quantitative estimate of drug-likeness (QED) is 0.831. The van der Waals surface area contributed by atoms with Gasteiger partial charge >= 0.3 is 0 Å². The molecule has 1 unspecified atom stereocenters. The van der Waals surface area contributed by atoms with Crippen molar-refractivity contribution in [3.63, 3.8) is 0 Å². The van der Waals surface area contributed by atoms with Crippen molar-refractivity contribution in [1.82, 2.24) is 15.1 Å². The third-order valence-corrected chi connectivity index (χ3v) is 6.70. The van der Waals surface area contributed by atoms with E-state index in [1.165, 1.54) is 22.3 Å². The Kier molecular flexibility index (Phi) is 5.73. The van der Waals surface area contributed by atoms with Crippen LogP contribution >= 0.6 is 0 Å². The van der Waals surface area contributed by atoms with Crippen LogP contribution in [-0.2, 0) is 24.2 Å². The van der Waals surface area contributed by atoms with Crippen molar-refractivity contribution in [2.24, 2.45) is 0 Å². The van der Waals surface area contributed by atoms with Gasteiger partial charge in [0.1, 0.15) is 5.75 Å². The second kappa shape index (κ2) is 8.78. The predicted octanol–water partition coefficient (Wildman–Crippen LogP) is 2.93. The highest BCUT2D eigenvalue weighted by atomic mass is 16.5. The lowest BCUT2D eigenvalue weighted by molar-refractivity contribution is -0.123. The molecule has 5 rings (SSSR count). The molecule has 0 aromatic heterocycles. The topological polar surface area (TPSA) is 44.8 Å². The fourth-order valence-corrected chi connectivity index (χ4v) is 5.05. The number of hydrogen-bond acceptors (Lipinski definition) is 4. The molecule has 1 fully saturated rings. The summed E-state index contributed by atoms with van der Waals surface area (Å²) in [4.78, 5) is 17.5. The highest BCUT2D eigenvalue weighted by Crippen LogP contribution is 2.29. The molecule has 2 aliphatic heterocycles. The monoisotopic (exact) mass is 405 g/mol. The lowest BCUT2D eigenvalue weighted by atomic mass is 9.88. The fraction of sp³-hybridized carbons (Fsp3) is 0.480. The highest BCUT2D eigenvalue weighted by molar-refractivity contribution is 5.78. The maximum absolute atomic E-state index is 12.7. The van der Waals surface area contributed by atoms with Crippen molar-refractivity contribution in [1.29, 1.82) is 0 Å². The molecule has 30 heavy (non-hydrogen) atoms. The molecule has 1 N–H and O–H groups in total. The molecule has 0 bridgehead atoms. The van der Waals surface area contributed by atoms with Gasteiger partial charge in [0.2, 0.25) is 5.91 Å². The molecule has 5 nitrogen and oxygen atoms in total. The van der Waals surface area contributed by atoms with Gasteiger partial charge in [0.25, 0.3) is 0 Å². The Morgan fingerprint density at radius 1 is 1.00 bits per heavy atom. The second-order valence-corrected chi connectivity index (χ2v) is 8.80. The molecule has 2 aromatic carbocycles. The van der Waals surface area contributed by atoms with E-state index in [2.05, 4.69) is 57.6 Å². The van der Waals surface area contributed by atoms with Crippen molar-refractivity contribution in [3.05, 3.63) is 64.7 Å². The van der Waals surface area contributed by atoms with Crippen LogP contribution in [0.5, 0.6) is 5.75 Å². The number of nitrogens with one attached hydrogen (secondary N) is 1. The SMILES string of the molecule is O=C(CN1CCN(Cc2ccc3c(c2)CCO3)CC1)NC1CCCc2ccccc21. The Balaban J connectivity index is 1.09. The second-order valence-electron chi connectivity index (χ2n) is 8.80. The summed E-state index contributed by atoms with van der Waals surface area (Å²) in [6, 6.07) is 15.3. The average Bonchev–Trinajstić information content (AvgIpc) is 3.23. The molecule has 2 aromatic rings. The summed E-state index contributed by atoms with van der Waals surface area (Å²) in [7, 11) is 0. The minimum atomic E-state index is 0.156. The number of amides is 1.